The van der Waals surface area contributed by atoms with Gasteiger partial charge in [0.05, 0.1) is 0 Å². The van der Waals surface area contributed by atoms with E-state index in [1.54, 1.807) is 0 Å². The molecule has 0 atom stereocenters. The van der Waals surface area contributed by atoms with E-state index in [2.05, 4.69) is 5.32 Å². The third kappa shape index (κ3) is 5.69. The minimum absolute atomic E-state index is 0.0566. The fourth-order valence-corrected chi connectivity index (χ4v) is 1.64. The Hall–Kier alpha value is -1.08. The standard InChI is InChI=1S/C10H12F3NO2S/c11-10(12,13)17-4-3-14-6-7-1-2-8(15)5-9(7)16/h1-2,5,14-16H,3-4,6H2. The van der Waals surface area contributed by atoms with E-state index in [0.717, 1.165) is 0 Å². The highest BCUT2D eigenvalue weighted by atomic mass is 32.2. The number of benzene rings is 1. The van der Waals surface area contributed by atoms with Gasteiger partial charge >= 0.3 is 5.51 Å². The molecule has 7 heteroatoms. The van der Waals surface area contributed by atoms with Crippen molar-refractivity contribution in [3.63, 3.8) is 0 Å². The molecule has 3 N–H and O–H groups in total. The van der Waals surface area contributed by atoms with Crippen molar-refractivity contribution in [1.82, 2.24) is 5.32 Å². The van der Waals surface area contributed by atoms with Crippen molar-refractivity contribution >= 4 is 11.8 Å². The second kappa shape index (κ2) is 6.02. The molecule has 0 aliphatic heterocycles. The summed E-state index contributed by atoms with van der Waals surface area (Å²) in [5.74, 6) is -0.220. The van der Waals surface area contributed by atoms with E-state index in [0.29, 0.717) is 5.56 Å². The topological polar surface area (TPSA) is 52.5 Å². The Balaban J connectivity index is 2.27. The summed E-state index contributed by atoms with van der Waals surface area (Å²) in [6, 6.07) is 4.09. The first-order valence-electron chi connectivity index (χ1n) is 4.81. The second-order valence-electron chi connectivity index (χ2n) is 3.28. The van der Waals surface area contributed by atoms with E-state index >= 15 is 0 Å². The average Bonchev–Trinajstić information content (AvgIpc) is 2.18. The lowest BCUT2D eigenvalue weighted by Crippen LogP contribution is -2.18. The van der Waals surface area contributed by atoms with E-state index in [1.807, 2.05) is 0 Å². The molecule has 96 valence electrons. The van der Waals surface area contributed by atoms with Crippen LogP contribution < -0.4 is 5.32 Å². The lowest BCUT2D eigenvalue weighted by molar-refractivity contribution is -0.0327. The molecule has 0 fully saturated rings. The quantitative estimate of drug-likeness (QED) is 0.717. The van der Waals surface area contributed by atoms with Crippen LogP contribution in [0.2, 0.25) is 0 Å². The highest BCUT2D eigenvalue weighted by molar-refractivity contribution is 8.00. The van der Waals surface area contributed by atoms with Crippen LogP contribution in [0, 0.1) is 0 Å². The monoisotopic (exact) mass is 267 g/mol. The number of thioether (sulfide) groups is 1. The fraction of sp³-hybridized carbons (Fsp3) is 0.400. The normalized spacial score (nSPS) is 11.7. The zero-order valence-electron chi connectivity index (χ0n) is 8.79. The first kappa shape index (κ1) is 14.0. The number of nitrogens with one attached hydrogen (secondary N) is 1. The molecule has 17 heavy (non-hydrogen) atoms. The fourth-order valence-electron chi connectivity index (χ4n) is 1.16. The minimum atomic E-state index is -4.21. The van der Waals surface area contributed by atoms with Crippen molar-refractivity contribution in [1.29, 1.82) is 0 Å². The van der Waals surface area contributed by atoms with E-state index in [4.69, 9.17) is 5.11 Å². The molecule has 0 saturated carbocycles. The third-order valence-corrected chi connectivity index (χ3v) is 2.66. The number of phenolic OH excluding ortho intramolecular Hbond substituents is 2. The summed E-state index contributed by atoms with van der Waals surface area (Å²) < 4.78 is 35.3. The predicted octanol–water partition coefficient (Wildman–Crippen LogP) is 2.44. The van der Waals surface area contributed by atoms with Crippen LogP contribution >= 0.6 is 11.8 Å². The van der Waals surface area contributed by atoms with Gasteiger partial charge in [-0.2, -0.15) is 13.2 Å². The summed E-state index contributed by atoms with van der Waals surface area (Å²) in [6.45, 7) is 0.440. The Morgan fingerprint density at radius 1 is 1.24 bits per heavy atom. The molecule has 0 aromatic heterocycles. The van der Waals surface area contributed by atoms with Gasteiger partial charge in [-0.25, -0.2) is 0 Å². The molecule has 1 aromatic rings. The molecule has 0 saturated heterocycles. The molecule has 3 nitrogen and oxygen atoms in total. The van der Waals surface area contributed by atoms with Gasteiger partial charge in [0.15, 0.2) is 0 Å². The van der Waals surface area contributed by atoms with Gasteiger partial charge in [-0.1, -0.05) is 6.07 Å². The molecule has 0 heterocycles. The van der Waals surface area contributed by atoms with Gasteiger partial charge in [-0.3, -0.25) is 0 Å². The Kier molecular flexibility index (Phi) is 4.95. The van der Waals surface area contributed by atoms with Crippen molar-refractivity contribution < 1.29 is 23.4 Å². The summed E-state index contributed by atoms with van der Waals surface area (Å²) in [5, 5.41) is 21.2. The highest BCUT2D eigenvalue weighted by Crippen LogP contribution is 2.29. The van der Waals surface area contributed by atoms with Crippen molar-refractivity contribution in [2.75, 3.05) is 12.3 Å². The Bertz CT molecular complexity index is 371. The summed E-state index contributed by atoms with van der Waals surface area (Å²) in [5.41, 5.74) is -3.68. The van der Waals surface area contributed by atoms with E-state index < -0.39 is 5.51 Å². The number of alkyl halides is 3. The smallest absolute Gasteiger partial charge is 0.441 e. The van der Waals surface area contributed by atoms with Gasteiger partial charge in [-0.05, 0) is 17.8 Å². The third-order valence-electron chi connectivity index (χ3n) is 1.93. The minimum Gasteiger partial charge on any atom is -0.508 e. The number of hydrogen-bond acceptors (Lipinski definition) is 4. The van der Waals surface area contributed by atoms with Crippen LogP contribution in [0.15, 0.2) is 18.2 Å². The van der Waals surface area contributed by atoms with E-state index in [9.17, 15) is 18.3 Å². The molecule has 0 bridgehead atoms. The maximum Gasteiger partial charge on any atom is 0.441 e. The Morgan fingerprint density at radius 2 is 1.94 bits per heavy atom. The molecule has 0 unspecified atom stereocenters. The van der Waals surface area contributed by atoms with E-state index in [1.165, 1.54) is 18.2 Å². The molecule has 0 radical (unpaired) electrons. The van der Waals surface area contributed by atoms with Crippen LogP contribution in [0.3, 0.4) is 0 Å². The number of halogens is 3. The Labute approximate surface area is 101 Å². The molecule has 0 aliphatic rings. The summed E-state index contributed by atoms with van der Waals surface area (Å²) in [7, 11) is 0. The first-order chi connectivity index (χ1) is 7.88. The highest BCUT2D eigenvalue weighted by Gasteiger charge is 2.27. The molecule has 1 rings (SSSR count). The van der Waals surface area contributed by atoms with Crippen molar-refractivity contribution in [3.8, 4) is 11.5 Å². The first-order valence-corrected chi connectivity index (χ1v) is 5.79. The van der Waals surface area contributed by atoms with Gasteiger partial charge < -0.3 is 15.5 Å². The van der Waals surface area contributed by atoms with Gasteiger partial charge in [0.2, 0.25) is 0 Å². The number of phenols is 2. The van der Waals surface area contributed by atoms with Gasteiger partial charge in [0.25, 0.3) is 0 Å². The molecule has 0 spiro atoms. The maximum absolute atomic E-state index is 11.8. The van der Waals surface area contributed by atoms with Crippen LogP contribution in [0.25, 0.3) is 0 Å². The largest absolute Gasteiger partial charge is 0.508 e. The molecule has 0 amide bonds. The van der Waals surface area contributed by atoms with Gasteiger partial charge in [0, 0.05) is 30.5 Å². The number of rotatable bonds is 5. The van der Waals surface area contributed by atoms with Crippen LogP contribution in [-0.2, 0) is 6.54 Å². The van der Waals surface area contributed by atoms with Crippen molar-refractivity contribution in [3.05, 3.63) is 23.8 Å². The SMILES string of the molecule is Oc1ccc(CNCCSC(F)(F)F)c(O)c1. The lowest BCUT2D eigenvalue weighted by atomic mass is 10.2. The average molecular weight is 267 g/mol. The van der Waals surface area contributed by atoms with Crippen LogP contribution in [-0.4, -0.2) is 28.0 Å². The molecular weight excluding hydrogens is 255 g/mol. The van der Waals surface area contributed by atoms with Crippen LogP contribution in [0.1, 0.15) is 5.56 Å². The Morgan fingerprint density at radius 3 is 2.53 bits per heavy atom. The number of aromatic hydroxyl groups is 2. The van der Waals surface area contributed by atoms with Crippen LogP contribution in [0.5, 0.6) is 11.5 Å². The summed E-state index contributed by atoms with van der Waals surface area (Å²) in [4.78, 5) is 0. The number of hydrogen-bond donors (Lipinski definition) is 3. The van der Waals surface area contributed by atoms with Crippen molar-refractivity contribution in [2.45, 2.75) is 12.1 Å². The maximum atomic E-state index is 11.8. The van der Waals surface area contributed by atoms with Gasteiger partial charge in [0.1, 0.15) is 11.5 Å². The zero-order chi connectivity index (χ0) is 12.9. The summed E-state index contributed by atoms with van der Waals surface area (Å²) >= 11 is -0.0896. The summed E-state index contributed by atoms with van der Waals surface area (Å²) in [6.07, 6.45) is 0. The van der Waals surface area contributed by atoms with Crippen LogP contribution in [0.4, 0.5) is 13.2 Å². The second-order valence-corrected chi connectivity index (χ2v) is 4.44. The lowest BCUT2D eigenvalue weighted by Gasteiger charge is -2.08. The van der Waals surface area contributed by atoms with Crippen molar-refractivity contribution in [2.24, 2.45) is 0 Å². The van der Waals surface area contributed by atoms with Gasteiger partial charge in [-0.15, -0.1) is 0 Å². The molecule has 0 aliphatic carbocycles. The molecular formula is C10H12F3NO2S. The predicted molar refractivity (Wildman–Crippen MR) is 60.0 cm³/mol. The molecule has 1 aromatic carbocycles. The zero-order valence-corrected chi connectivity index (χ0v) is 9.61. The van der Waals surface area contributed by atoms with E-state index in [-0.39, 0.29) is 42.1 Å².